The molecule has 2 aliphatic rings. The van der Waals surface area contributed by atoms with Crippen LogP contribution in [-0.2, 0) is 12.8 Å². The molecule has 3 heterocycles. The Morgan fingerprint density at radius 2 is 1.97 bits per heavy atom. The maximum absolute atomic E-state index is 15.1. The Morgan fingerprint density at radius 1 is 1.14 bits per heavy atom. The first-order chi connectivity index (χ1) is 16.9. The van der Waals surface area contributed by atoms with Crippen LogP contribution in [0.1, 0.15) is 80.5 Å². The summed E-state index contributed by atoms with van der Waals surface area (Å²) in [6, 6.07) is 9.11. The van der Waals surface area contributed by atoms with E-state index in [1.54, 1.807) is 22.7 Å². The maximum Gasteiger partial charge on any atom is 0.272 e. The average Bonchev–Trinajstić information content (AvgIpc) is 3.58. The third-order valence-corrected chi connectivity index (χ3v) is 7.63. The summed E-state index contributed by atoms with van der Waals surface area (Å²) in [5.41, 5.74) is 3.74. The summed E-state index contributed by atoms with van der Waals surface area (Å²) >= 11 is 5.51. The Morgan fingerprint density at radius 3 is 2.71 bits per heavy atom. The molecule has 7 heteroatoms. The van der Waals surface area contributed by atoms with Crippen LogP contribution in [0, 0.1) is 11.7 Å². The molecule has 1 unspecified atom stereocenters. The van der Waals surface area contributed by atoms with Gasteiger partial charge in [-0.3, -0.25) is 4.79 Å². The highest BCUT2D eigenvalue weighted by molar-refractivity contribution is 7.80. The minimum atomic E-state index is -0.312. The molecule has 35 heavy (non-hydrogen) atoms. The van der Waals surface area contributed by atoms with Crippen LogP contribution in [0.25, 0.3) is 16.9 Å². The Balaban J connectivity index is 1.42. The van der Waals surface area contributed by atoms with Crippen LogP contribution < -0.4 is 0 Å². The lowest BCUT2D eigenvalue weighted by molar-refractivity contribution is 0.0692. The molecular weight excluding hydrogens is 459 g/mol. The lowest BCUT2D eigenvalue weighted by atomic mass is 10.0. The van der Waals surface area contributed by atoms with Crippen molar-refractivity contribution < 1.29 is 9.18 Å². The van der Waals surface area contributed by atoms with Crippen LogP contribution in [0.15, 0.2) is 30.3 Å². The third kappa shape index (κ3) is 5.30. The lowest BCUT2D eigenvalue weighted by Gasteiger charge is -2.27. The van der Waals surface area contributed by atoms with E-state index < -0.39 is 0 Å². The fourth-order valence-electron chi connectivity index (χ4n) is 5.07. The van der Waals surface area contributed by atoms with Crippen molar-refractivity contribution in [1.82, 2.24) is 19.5 Å². The summed E-state index contributed by atoms with van der Waals surface area (Å²) in [6.45, 7) is 4.91. The molecule has 0 bridgehead atoms. The molecule has 1 aliphatic carbocycles. The van der Waals surface area contributed by atoms with Crippen LogP contribution in [0.2, 0.25) is 0 Å². The molecule has 1 amide bonds. The smallest absolute Gasteiger partial charge is 0.272 e. The van der Waals surface area contributed by atoms with Crippen LogP contribution in [0.4, 0.5) is 4.39 Å². The zero-order chi connectivity index (χ0) is 24.5. The van der Waals surface area contributed by atoms with Gasteiger partial charge in [0.15, 0.2) is 5.65 Å². The second-order valence-electron chi connectivity index (χ2n) is 10.2. The van der Waals surface area contributed by atoms with Crippen molar-refractivity contribution in [1.29, 1.82) is 0 Å². The molecule has 184 valence electrons. The summed E-state index contributed by atoms with van der Waals surface area (Å²) in [5, 5.41) is 4.66. The molecule has 1 atom stereocenters. The topological polar surface area (TPSA) is 50.5 Å². The van der Waals surface area contributed by atoms with Gasteiger partial charge < -0.3 is 4.90 Å². The van der Waals surface area contributed by atoms with Gasteiger partial charge in [-0.1, -0.05) is 38.0 Å². The number of aromatic nitrogens is 3. The van der Waals surface area contributed by atoms with Crippen molar-refractivity contribution in [3.63, 3.8) is 0 Å². The Kier molecular flexibility index (Phi) is 6.96. The van der Waals surface area contributed by atoms with Crippen LogP contribution in [0.5, 0.6) is 0 Å². The number of aryl methyl sites for hydroxylation is 1. The molecule has 1 saturated carbocycles. The van der Waals surface area contributed by atoms with Gasteiger partial charge in [0.2, 0.25) is 0 Å². The second kappa shape index (κ2) is 10.1. The number of fused-ring (bicyclic) bond motifs is 1. The monoisotopic (exact) mass is 492 g/mol. The van der Waals surface area contributed by atoms with E-state index in [0.717, 1.165) is 60.7 Å². The fraction of sp³-hybridized carbons (Fsp3) is 0.500. The van der Waals surface area contributed by atoms with Gasteiger partial charge in [-0.05, 0) is 80.0 Å². The third-order valence-electron chi connectivity index (χ3n) is 7.32. The van der Waals surface area contributed by atoms with Crippen LogP contribution >= 0.6 is 12.2 Å². The van der Waals surface area contributed by atoms with Gasteiger partial charge in [0.1, 0.15) is 11.5 Å². The van der Waals surface area contributed by atoms with Crippen LogP contribution in [0.3, 0.4) is 0 Å². The maximum atomic E-state index is 15.1. The number of hydrogen-bond donors (Lipinski definition) is 0. The molecule has 1 aromatic carbocycles. The summed E-state index contributed by atoms with van der Waals surface area (Å²) in [5.74, 6) is 0.397. The standard InChI is InChI=1S/C28H33FN4OS/c1-3-21-16-26(28(34)32-12-6-4-5-7-18(32)2)30-27-17-25(31-33(21)27)23-11-10-20(15-24(23)29)14-22(35)13-19-8-9-19/h10-11,15-19H,3-9,12-14H2,1-2H3. The number of thiocarbonyl (C=S) groups is 1. The molecule has 1 aliphatic heterocycles. The largest absolute Gasteiger partial charge is 0.335 e. The molecule has 0 spiro atoms. The van der Waals surface area contributed by atoms with E-state index >= 15 is 4.39 Å². The van der Waals surface area contributed by atoms with E-state index in [4.69, 9.17) is 12.2 Å². The molecule has 1 saturated heterocycles. The number of rotatable bonds is 7. The lowest BCUT2D eigenvalue weighted by Crippen LogP contribution is -2.38. The van der Waals surface area contributed by atoms with Gasteiger partial charge in [0.25, 0.3) is 5.91 Å². The van der Waals surface area contributed by atoms with Crippen molar-refractivity contribution in [2.75, 3.05) is 6.54 Å². The van der Waals surface area contributed by atoms with Gasteiger partial charge in [-0.2, -0.15) is 5.10 Å². The summed E-state index contributed by atoms with van der Waals surface area (Å²) in [6.07, 6.45) is 9.17. The highest BCUT2D eigenvalue weighted by Gasteiger charge is 2.26. The second-order valence-corrected chi connectivity index (χ2v) is 10.7. The van der Waals surface area contributed by atoms with E-state index in [-0.39, 0.29) is 17.8 Å². The van der Waals surface area contributed by atoms with Crippen molar-refractivity contribution in [2.45, 2.75) is 77.7 Å². The van der Waals surface area contributed by atoms with Crippen molar-refractivity contribution in [2.24, 2.45) is 5.92 Å². The van der Waals surface area contributed by atoms with Crippen molar-refractivity contribution >= 4 is 28.6 Å². The van der Waals surface area contributed by atoms with E-state index in [9.17, 15) is 4.79 Å². The molecule has 5 rings (SSSR count). The first kappa shape index (κ1) is 24.0. The minimum Gasteiger partial charge on any atom is -0.335 e. The SMILES string of the molecule is CCc1cc(C(=O)N2CCCCCC2C)nc2cc(-c3ccc(CC(=S)CC4CC4)cc3F)nn12. The summed E-state index contributed by atoms with van der Waals surface area (Å²) in [7, 11) is 0. The molecule has 3 aromatic rings. The number of benzene rings is 1. The number of carbonyl (C=O) groups is 1. The van der Waals surface area contributed by atoms with E-state index in [1.807, 2.05) is 24.0 Å². The number of amides is 1. The Hall–Kier alpha value is -2.67. The molecule has 2 fully saturated rings. The normalized spacial score (nSPS) is 18.6. The zero-order valence-electron chi connectivity index (χ0n) is 20.6. The highest BCUT2D eigenvalue weighted by atomic mass is 32.1. The fourth-order valence-corrected chi connectivity index (χ4v) is 5.48. The molecular formula is C28H33FN4OS. The van der Waals surface area contributed by atoms with Gasteiger partial charge in [-0.25, -0.2) is 13.9 Å². The van der Waals surface area contributed by atoms with Gasteiger partial charge >= 0.3 is 0 Å². The number of halogens is 1. The Bertz CT molecular complexity index is 1270. The first-order valence-electron chi connectivity index (χ1n) is 12.9. The predicted octanol–water partition coefficient (Wildman–Crippen LogP) is 6.22. The molecule has 0 N–H and O–H groups in total. The summed E-state index contributed by atoms with van der Waals surface area (Å²) < 4.78 is 16.9. The molecule has 5 nitrogen and oxygen atoms in total. The first-order valence-corrected chi connectivity index (χ1v) is 13.3. The highest BCUT2D eigenvalue weighted by Crippen LogP contribution is 2.33. The van der Waals surface area contributed by atoms with Gasteiger partial charge in [-0.15, -0.1) is 0 Å². The quantitative estimate of drug-likeness (QED) is 0.368. The van der Waals surface area contributed by atoms with Crippen LogP contribution in [-0.4, -0.2) is 42.9 Å². The van der Waals surface area contributed by atoms with Gasteiger partial charge in [0.05, 0.1) is 5.69 Å². The number of nitrogens with zero attached hydrogens (tertiary/aromatic N) is 4. The number of carbonyl (C=O) groups excluding carboxylic acids is 1. The molecule has 0 radical (unpaired) electrons. The van der Waals surface area contributed by atoms with Crippen molar-refractivity contribution in [3.05, 3.63) is 53.1 Å². The van der Waals surface area contributed by atoms with Gasteiger partial charge in [0, 0.05) is 36.3 Å². The predicted molar refractivity (Wildman–Crippen MR) is 140 cm³/mol. The number of likely N-dealkylation sites (tertiary alicyclic amines) is 1. The van der Waals surface area contributed by atoms with Crippen molar-refractivity contribution in [3.8, 4) is 11.3 Å². The average molecular weight is 493 g/mol. The van der Waals surface area contributed by atoms with E-state index in [1.165, 1.54) is 12.8 Å². The zero-order valence-corrected chi connectivity index (χ0v) is 21.4. The Labute approximate surface area is 211 Å². The van der Waals surface area contributed by atoms with E-state index in [0.29, 0.717) is 35.4 Å². The minimum absolute atomic E-state index is 0.0305. The number of hydrogen-bond acceptors (Lipinski definition) is 4. The summed E-state index contributed by atoms with van der Waals surface area (Å²) in [4.78, 5) is 21.0. The van der Waals surface area contributed by atoms with E-state index in [2.05, 4.69) is 17.0 Å². The molecule has 2 aromatic heterocycles.